The summed E-state index contributed by atoms with van der Waals surface area (Å²) < 4.78 is 43.6. The zero-order valence-electron chi connectivity index (χ0n) is 14.8. The van der Waals surface area contributed by atoms with E-state index < -0.39 is 12.1 Å². The second-order valence-corrected chi connectivity index (χ2v) is 7.66. The number of rotatable bonds is 4. The summed E-state index contributed by atoms with van der Waals surface area (Å²) in [6, 6.07) is 5.02. The molecule has 0 unspecified atom stereocenters. The first-order chi connectivity index (χ1) is 12.2. The van der Waals surface area contributed by atoms with Gasteiger partial charge in [0.15, 0.2) is 0 Å². The van der Waals surface area contributed by atoms with E-state index in [-0.39, 0.29) is 12.2 Å². The Hall–Kier alpha value is -1.16. The van der Waals surface area contributed by atoms with Gasteiger partial charge in [0, 0.05) is 42.1 Å². The van der Waals surface area contributed by atoms with Gasteiger partial charge in [0.2, 0.25) is 0 Å². The maximum Gasteiger partial charge on any atom is 0.490 e. The van der Waals surface area contributed by atoms with E-state index in [1.54, 1.807) is 0 Å². The third-order valence-electron chi connectivity index (χ3n) is 4.36. The molecule has 2 aliphatic heterocycles. The van der Waals surface area contributed by atoms with Crippen LogP contribution in [0, 0.1) is 6.92 Å². The number of thiophene rings is 1. The minimum absolute atomic E-state index is 0.261. The molecule has 2 fully saturated rings. The van der Waals surface area contributed by atoms with Gasteiger partial charge in [-0.2, -0.15) is 13.2 Å². The van der Waals surface area contributed by atoms with Gasteiger partial charge in [-0.1, -0.05) is 0 Å². The molecule has 5 nitrogen and oxygen atoms in total. The summed E-state index contributed by atoms with van der Waals surface area (Å²) in [6.07, 6.45) is -2.11. The number of carboxylic acid groups (broad SMARTS) is 1. The summed E-state index contributed by atoms with van der Waals surface area (Å²) in [6.45, 7) is 7.99. The predicted molar refractivity (Wildman–Crippen MR) is 91.3 cm³/mol. The standard InChI is InChI=1S/C15H23NO2S.C2HF3O2/c1-3-17-14-10-16(9-12-7-6-11(2)19-12)13-5-4-8-18-15(13)14;3-2(4,5)1(6)7/h6-7,13-15H,3-5,8-10H2,1-2H3;(H,6,7)/t13-,14+,15+;/m1./s1. The van der Waals surface area contributed by atoms with Crippen molar-refractivity contribution in [1.29, 1.82) is 0 Å². The quantitative estimate of drug-likeness (QED) is 0.846. The van der Waals surface area contributed by atoms with Crippen LogP contribution in [0.15, 0.2) is 12.1 Å². The van der Waals surface area contributed by atoms with Gasteiger partial charge in [-0.05, 0) is 38.8 Å². The molecular formula is C17H24F3NO4S. The Bertz CT molecular complexity index is 593. The number of carboxylic acids is 1. The first-order valence-corrected chi connectivity index (χ1v) is 9.36. The number of hydrogen-bond acceptors (Lipinski definition) is 5. The lowest BCUT2D eigenvalue weighted by molar-refractivity contribution is -0.192. The average Bonchev–Trinajstić information content (AvgIpc) is 3.13. The Morgan fingerprint density at radius 3 is 2.69 bits per heavy atom. The van der Waals surface area contributed by atoms with Gasteiger partial charge < -0.3 is 14.6 Å². The molecule has 26 heavy (non-hydrogen) atoms. The summed E-state index contributed by atoms with van der Waals surface area (Å²) in [5.74, 6) is -2.76. The van der Waals surface area contributed by atoms with Crippen molar-refractivity contribution in [2.75, 3.05) is 19.8 Å². The zero-order valence-corrected chi connectivity index (χ0v) is 15.6. The number of aryl methyl sites for hydroxylation is 1. The number of nitrogens with zero attached hydrogens (tertiary/aromatic N) is 1. The van der Waals surface area contributed by atoms with Gasteiger partial charge >= 0.3 is 12.1 Å². The number of carbonyl (C=O) groups is 1. The first kappa shape index (κ1) is 21.1. The maximum absolute atomic E-state index is 10.6. The van der Waals surface area contributed by atoms with E-state index in [1.807, 2.05) is 11.3 Å². The molecule has 0 aliphatic carbocycles. The van der Waals surface area contributed by atoms with Crippen molar-refractivity contribution in [2.24, 2.45) is 0 Å². The summed E-state index contributed by atoms with van der Waals surface area (Å²) in [7, 11) is 0. The maximum atomic E-state index is 10.6. The van der Waals surface area contributed by atoms with E-state index in [0.717, 1.165) is 26.3 Å². The monoisotopic (exact) mass is 395 g/mol. The fraction of sp³-hybridized carbons (Fsp3) is 0.706. The fourth-order valence-electron chi connectivity index (χ4n) is 3.32. The van der Waals surface area contributed by atoms with Crippen LogP contribution in [0.2, 0.25) is 0 Å². The van der Waals surface area contributed by atoms with Crippen LogP contribution in [0.1, 0.15) is 29.5 Å². The van der Waals surface area contributed by atoms with E-state index in [1.165, 1.54) is 22.6 Å². The molecule has 2 saturated heterocycles. The van der Waals surface area contributed by atoms with E-state index in [0.29, 0.717) is 6.04 Å². The van der Waals surface area contributed by atoms with Crippen LogP contribution in [0.5, 0.6) is 0 Å². The number of halogens is 3. The van der Waals surface area contributed by atoms with Gasteiger partial charge in [0.25, 0.3) is 0 Å². The second-order valence-electron chi connectivity index (χ2n) is 6.28. The number of ether oxygens (including phenoxy) is 2. The molecule has 1 aromatic heterocycles. The van der Waals surface area contributed by atoms with Crippen LogP contribution in [0.3, 0.4) is 0 Å². The van der Waals surface area contributed by atoms with Crippen LogP contribution in [0.25, 0.3) is 0 Å². The molecule has 0 amide bonds. The number of likely N-dealkylation sites (tertiary alicyclic amines) is 1. The lowest BCUT2D eigenvalue weighted by Gasteiger charge is -2.32. The number of fused-ring (bicyclic) bond motifs is 1. The minimum Gasteiger partial charge on any atom is -0.475 e. The number of aliphatic carboxylic acids is 1. The first-order valence-electron chi connectivity index (χ1n) is 8.55. The minimum atomic E-state index is -5.08. The van der Waals surface area contributed by atoms with Crippen molar-refractivity contribution in [1.82, 2.24) is 4.90 Å². The third-order valence-corrected chi connectivity index (χ3v) is 5.35. The van der Waals surface area contributed by atoms with E-state index >= 15 is 0 Å². The Balaban J connectivity index is 0.000000298. The number of alkyl halides is 3. The molecule has 1 aromatic rings. The highest BCUT2D eigenvalue weighted by Gasteiger charge is 2.44. The number of hydrogen-bond donors (Lipinski definition) is 1. The van der Waals surface area contributed by atoms with Crippen molar-refractivity contribution in [3.05, 3.63) is 21.9 Å². The lowest BCUT2D eigenvalue weighted by Crippen LogP contribution is -2.41. The van der Waals surface area contributed by atoms with Crippen molar-refractivity contribution in [2.45, 2.75) is 57.7 Å². The molecule has 148 valence electrons. The van der Waals surface area contributed by atoms with Crippen LogP contribution in [-0.4, -0.2) is 60.2 Å². The van der Waals surface area contributed by atoms with E-state index in [9.17, 15) is 13.2 Å². The highest BCUT2D eigenvalue weighted by Crippen LogP contribution is 2.32. The molecule has 1 N–H and O–H groups in total. The predicted octanol–water partition coefficient (Wildman–Crippen LogP) is 3.46. The molecule has 0 aromatic carbocycles. The van der Waals surface area contributed by atoms with Crippen molar-refractivity contribution < 1.29 is 32.5 Å². The van der Waals surface area contributed by atoms with E-state index in [2.05, 4.69) is 30.9 Å². The van der Waals surface area contributed by atoms with Crippen molar-refractivity contribution >= 4 is 17.3 Å². The summed E-state index contributed by atoms with van der Waals surface area (Å²) in [5, 5.41) is 7.12. The van der Waals surface area contributed by atoms with Crippen molar-refractivity contribution in [3.8, 4) is 0 Å². The molecule has 0 saturated carbocycles. The summed E-state index contributed by atoms with van der Waals surface area (Å²) in [5.41, 5.74) is 0. The fourth-order valence-corrected chi connectivity index (χ4v) is 4.23. The highest BCUT2D eigenvalue weighted by atomic mass is 32.1. The summed E-state index contributed by atoms with van der Waals surface area (Å²) in [4.78, 5) is 14.3. The molecule has 0 radical (unpaired) electrons. The third kappa shape index (κ3) is 5.67. The van der Waals surface area contributed by atoms with Gasteiger partial charge in [-0.15, -0.1) is 11.3 Å². The zero-order chi connectivity index (χ0) is 19.3. The normalized spacial score (nSPS) is 26.1. The van der Waals surface area contributed by atoms with Crippen LogP contribution in [-0.2, 0) is 20.8 Å². The van der Waals surface area contributed by atoms with Crippen LogP contribution < -0.4 is 0 Å². The molecule has 3 atom stereocenters. The Morgan fingerprint density at radius 1 is 1.46 bits per heavy atom. The topological polar surface area (TPSA) is 59.0 Å². The Kier molecular flexibility index (Phi) is 7.45. The molecular weight excluding hydrogens is 371 g/mol. The van der Waals surface area contributed by atoms with Gasteiger partial charge in [0.1, 0.15) is 6.10 Å². The Morgan fingerprint density at radius 2 is 2.15 bits per heavy atom. The van der Waals surface area contributed by atoms with Gasteiger partial charge in [0.05, 0.1) is 6.10 Å². The van der Waals surface area contributed by atoms with Crippen molar-refractivity contribution in [3.63, 3.8) is 0 Å². The highest BCUT2D eigenvalue weighted by molar-refractivity contribution is 7.11. The molecule has 3 heterocycles. The van der Waals surface area contributed by atoms with Gasteiger partial charge in [-0.3, -0.25) is 4.90 Å². The average molecular weight is 395 g/mol. The summed E-state index contributed by atoms with van der Waals surface area (Å²) >= 11 is 1.91. The van der Waals surface area contributed by atoms with Crippen LogP contribution in [0.4, 0.5) is 13.2 Å². The molecule has 9 heteroatoms. The lowest BCUT2D eigenvalue weighted by atomic mass is 10.0. The molecule has 0 bridgehead atoms. The largest absolute Gasteiger partial charge is 0.490 e. The SMILES string of the molecule is CCO[C@H]1CN(Cc2ccc(C)s2)[C@@H]2CCCO[C@H]12.O=C(O)C(F)(F)F. The second kappa shape index (κ2) is 9.16. The molecule has 2 aliphatic rings. The Labute approximate surface area is 154 Å². The smallest absolute Gasteiger partial charge is 0.475 e. The molecule has 0 spiro atoms. The van der Waals surface area contributed by atoms with Gasteiger partial charge in [-0.25, -0.2) is 4.79 Å². The molecule has 3 rings (SSSR count). The van der Waals surface area contributed by atoms with E-state index in [4.69, 9.17) is 19.4 Å². The van der Waals surface area contributed by atoms with Crippen LogP contribution >= 0.6 is 11.3 Å².